The highest BCUT2D eigenvalue weighted by atomic mass is 16.4. The number of likely N-dealkylation sites (tertiary alicyclic amines) is 1. The second-order valence-electron chi connectivity index (χ2n) is 6.31. The molecule has 122 valence electrons. The topological polar surface area (TPSA) is 89.9 Å². The van der Waals surface area contributed by atoms with Gasteiger partial charge in [-0.3, -0.25) is 4.79 Å². The molecular formula is C15H28N2O4. The molecule has 1 aliphatic heterocycles. The first kappa shape index (κ1) is 17.8. The van der Waals surface area contributed by atoms with Crippen LogP contribution >= 0.6 is 0 Å². The summed E-state index contributed by atoms with van der Waals surface area (Å²) in [6.07, 6.45) is 3.66. The van der Waals surface area contributed by atoms with Crippen LogP contribution in [0.15, 0.2) is 0 Å². The number of aliphatic carboxylic acids is 1. The summed E-state index contributed by atoms with van der Waals surface area (Å²) >= 11 is 0. The monoisotopic (exact) mass is 300 g/mol. The molecule has 0 aliphatic carbocycles. The van der Waals surface area contributed by atoms with Crippen LogP contribution in [0.2, 0.25) is 0 Å². The van der Waals surface area contributed by atoms with E-state index in [9.17, 15) is 14.7 Å². The molecule has 1 aliphatic rings. The van der Waals surface area contributed by atoms with Crippen molar-refractivity contribution in [3.8, 4) is 0 Å². The molecule has 1 unspecified atom stereocenters. The molecule has 6 nitrogen and oxygen atoms in total. The minimum Gasteiger partial charge on any atom is -0.481 e. The highest BCUT2D eigenvalue weighted by Crippen LogP contribution is 2.18. The molecule has 0 bridgehead atoms. The molecule has 2 amide bonds. The number of nitrogens with zero attached hydrogens (tertiary/aromatic N) is 1. The molecule has 0 saturated carbocycles. The van der Waals surface area contributed by atoms with Crippen molar-refractivity contribution in [1.82, 2.24) is 10.2 Å². The predicted molar refractivity (Wildman–Crippen MR) is 80.0 cm³/mol. The molecule has 0 spiro atoms. The van der Waals surface area contributed by atoms with Crippen LogP contribution in [0.4, 0.5) is 4.79 Å². The Morgan fingerprint density at radius 2 is 2.05 bits per heavy atom. The number of aliphatic hydroxyl groups excluding tert-OH is 1. The summed E-state index contributed by atoms with van der Waals surface area (Å²) in [4.78, 5) is 24.8. The normalized spacial score (nSPS) is 20.4. The van der Waals surface area contributed by atoms with Crippen LogP contribution in [0.3, 0.4) is 0 Å². The molecule has 3 N–H and O–H groups in total. The van der Waals surface area contributed by atoms with Gasteiger partial charge >= 0.3 is 12.0 Å². The third-order valence-corrected chi connectivity index (χ3v) is 3.91. The summed E-state index contributed by atoms with van der Waals surface area (Å²) in [5.41, 5.74) is 0. The molecule has 6 heteroatoms. The van der Waals surface area contributed by atoms with Gasteiger partial charge in [-0.2, -0.15) is 0 Å². The average Bonchev–Trinajstić information content (AvgIpc) is 2.43. The van der Waals surface area contributed by atoms with E-state index in [1.165, 1.54) is 0 Å². The lowest BCUT2D eigenvalue weighted by atomic mass is 9.94. The van der Waals surface area contributed by atoms with Gasteiger partial charge in [-0.15, -0.1) is 0 Å². The Hall–Kier alpha value is -1.30. The van der Waals surface area contributed by atoms with Crippen molar-refractivity contribution in [2.75, 3.05) is 19.7 Å². The van der Waals surface area contributed by atoms with E-state index in [0.29, 0.717) is 19.0 Å². The molecule has 2 atom stereocenters. The molecule has 0 aromatic rings. The Bertz CT molecular complexity index is 347. The van der Waals surface area contributed by atoms with E-state index in [1.807, 2.05) is 13.8 Å². The quantitative estimate of drug-likeness (QED) is 0.667. The number of hydrogen-bond acceptors (Lipinski definition) is 3. The van der Waals surface area contributed by atoms with Gasteiger partial charge in [-0.1, -0.05) is 13.8 Å². The van der Waals surface area contributed by atoms with Crippen LogP contribution in [-0.4, -0.2) is 52.9 Å². The van der Waals surface area contributed by atoms with Gasteiger partial charge in [-0.05, 0) is 37.5 Å². The summed E-state index contributed by atoms with van der Waals surface area (Å²) in [6, 6.07) is -0.297. The maximum atomic E-state index is 12.2. The van der Waals surface area contributed by atoms with Gasteiger partial charge in [0.15, 0.2) is 0 Å². The van der Waals surface area contributed by atoms with Gasteiger partial charge < -0.3 is 20.4 Å². The Morgan fingerprint density at radius 1 is 1.33 bits per heavy atom. The number of amides is 2. The molecule has 21 heavy (non-hydrogen) atoms. The zero-order valence-electron chi connectivity index (χ0n) is 13.0. The number of carboxylic acid groups (broad SMARTS) is 1. The van der Waals surface area contributed by atoms with E-state index < -0.39 is 5.97 Å². The second kappa shape index (κ2) is 8.87. The van der Waals surface area contributed by atoms with E-state index in [1.54, 1.807) is 4.90 Å². The maximum Gasteiger partial charge on any atom is 0.317 e. The minimum absolute atomic E-state index is 0.0159. The molecule has 1 rings (SSSR count). The largest absolute Gasteiger partial charge is 0.481 e. The highest BCUT2D eigenvalue weighted by molar-refractivity contribution is 5.74. The van der Waals surface area contributed by atoms with Gasteiger partial charge in [0.05, 0.1) is 12.6 Å². The van der Waals surface area contributed by atoms with Crippen LogP contribution in [-0.2, 0) is 4.79 Å². The number of rotatable bonds is 7. The van der Waals surface area contributed by atoms with E-state index in [-0.39, 0.29) is 31.0 Å². The lowest BCUT2D eigenvalue weighted by Gasteiger charge is -2.35. The Kier molecular flexibility index (Phi) is 7.50. The number of urea groups is 1. The maximum absolute atomic E-state index is 12.2. The SMILES string of the molecule is CC(C)C[C@H](CNC(=O)N1CCCCC1CO)CC(=O)O. The van der Waals surface area contributed by atoms with Crippen molar-refractivity contribution < 1.29 is 19.8 Å². The Morgan fingerprint density at radius 3 is 2.62 bits per heavy atom. The molecule has 0 radical (unpaired) electrons. The fraction of sp³-hybridized carbons (Fsp3) is 0.867. The average molecular weight is 300 g/mol. The van der Waals surface area contributed by atoms with Gasteiger partial charge in [0.1, 0.15) is 0 Å². The number of carbonyl (C=O) groups is 2. The molecule has 0 aromatic carbocycles. The van der Waals surface area contributed by atoms with Gasteiger partial charge in [-0.25, -0.2) is 4.79 Å². The highest BCUT2D eigenvalue weighted by Gasteiger charge is 2.26. The second-order valence-corrected chi connectivity index (χ2v) is 6.31. The first-order valence-electron chi connectivity index (χ1n) is 7.81. The van der Waals surface area contributed by atoms with E-state index in [4.69, 9.17) is 5.11 Å². The summed E-state index contributed by atoms with van der Waals surface area (Å²) in [5, 5.41) is 21.1. The van der Waals surface area contributed by atoms with Crippen LogP contribution in [0, 0.1) is 11.8 Å². The lowest BCUT2D eigenvalue weighted by Crippen LogP contribution is -2.51. The zero-order chi connectivity index (χ0) is 15.8. The lowest BCUT2D eigenvalue weighted by molar-refractivity contribution is -0.138. The fourth-order valence-corrected chi connectivity index (χ4v) is 2.94. The first-order chi connectivity index (χ1) is 9.93. The van der Waals surface area contributed by atoms with Crippen LogP contribution in [0.5, 0.6) is 0 Å². The molecular weight excluding hydrogens is 272 g/mol. The molecule has 1 heterocycles. The fourth-order valence-electron chi connectivity index (χ4n) is 2.94. The standard InChI is InChI=1S/C15H28N2O4/c1-11(2)7-12(8-14(19)20)9-16-15(21)17-6-4-3-5-13(17)10-18/h11-13,18H,3-10H2,1-2H3,(H,16,21)(H,19,20)/t12-,13?/m0/s1. The number of carbonyl (C=O) groups excluding carboxylic acids is 1. The van der Waals surface area contributed by atoms with E-state index >= 15 is 0 Å². The third-order valence-electron chi connectivity index (χ3n) is 3.91. The predicted octanol–water partition coefficient (Wildman–Crippen LogP) is 1.68. The van der Waals surface area contributed by atoms with E-state index in [2.05, 4.69) is 5.32 Å². The number of carboxylic acids is 1. The van der Waals surface area contributed by atoms with Gasteiger partial charge in [0.25, 0.3) is 0 Å². The summed E-state index contributed by atoms with van der Waals surface area (Å²) < 4.78 is 0. The van der Waals surface area contributed by atoms with Crippen LogP contribution in [0.1, 0.15) is 46.0 Å². The third kappa shape index (κ3) is 6.33. The number of hydrogen-bond donors (Lipinski definition) is 3. The van der Waals surface area contributed by atoms with Crippen LogP contribution < -0.4 is 5.32 Å². The zero-order valence-corrected chi connectivity index (χ0v) is 13.0. The first-order valence-corrected chi connectivity index (χ1v) is 7.81. The number of piperidine rings is 1. The van der Waals surface area contributed by atoms with Crippen molar-refractivity contribution in [3.05, 3.63) is 0 Å². The number of nitrogens with one attached hydrogen (secondary N) is 1. The van der Waals surface area contributed by atoms with Crippen molar-refractivity contribution in [2.45, 2.75) is 52.0 Å². The van der Waals surface area contributed by atoms with Gasteiger partial charge in [0, 0.05) is 19.5 Å². The molecule has 1 saturated heterocycles. The molecule has 0 aromatic heterocycles. The Labute approximate surface area is 126 Å². The minimum atomic E-state index is -0.832. The van der Waals surface area contributed by atoms with Crippen LogP contribution in [0.25, 0.3) is 0 Å². The van der Waals surface area contributed by atoms with E-state index in [0.717, 1.165) is 25.7 Å². The van der Waals surface area contributed by atoms with Crippen molar-refractivity contribution in [2.24, 2.45) is 11.8 Å². The summed E-state index contributed by atoms with van der Waals surface area (Å²) in [7, 11) is 0. The number of aliphatic hydroxyl groups is 1. The van der Waals surface area contributed by atoms with Crippen molar-refractivity contribution in [1.29, 1.82) is 0 Å². The van der Waals surface area contributed by atoms with Crippen molar-refractivity contribution >= 4 is 12.0 Å². The summed E-state index contributed by atoms with van der Waals surface area (Å²) in [6.45, 7) is 5.10. The summed E-state index contributed by atoms with van der Waals surface area (Å²) in [5.74, 6) is -0.489. The van der Waals surface area contributed by atoms with Crippen molar-refractivity contribution in [3.63, 3.8) is 0 Å². The molecule has 1 fully saturated rings. The Balaban J connectivity index is 2.49. The van der Waals surface area contributed by atoms with Gasteiger partial charge in [0.2, 0.25) is 0 Å². The smallest absolute Gasteiger partial charge is 0.317 e.